The van der Waals surface area contributed by atoms with Crippen molar-refractivity contribution in [3.63, 3.8) is 0 Å². The third-order valence-corrected chi connectivity index (χ3v) is 6.36. The van der Waals surface area contributed by atoms with Gasteiger partial charge < -0.3 is 15.2 Å². The maximum atomic E-state index is 12.8. The van der Waals surface area contributed by atoms with Crippen molar-refractivity contribution in [3.05, 3.63) is 77.2 Å². The Balaban J connectivity index is 1.28. The van der Waals surface area contributed by atoms with Crippen LogP contribution in [0.15, 0.2) is 66.4 Å². The van der Waals surface area contributed by atoms with Crippen LogP contribution in [-0.2, 0) is 4.79 Å². The maximum Gasteiger partial charge on any atom is 0.256 e. The molecule has 1 aliphatic heterocycles. The molecule has 2 amide bonds. The molecule has 9 heteroatoms. The van der Waals surface area contributed by atoms with Gasteiger partial charge in [-0.1, -0.05) is 29.8 Å². The Morgan fingerprint density at radius 3 is 2.66 bits per heavy atom. The number of rotatable bonds is 5. The molecule has 2 N–H and O–H groups in total. The summed E-state index contributed by atoms with van der Waals surface area (Å²) in [6, 6.07) is 13.0. The van der Waals surface area contributed by atoms with Gasteiger partial charge >= 0.3 is 0 Å². The van der Waals surface area contributed by atoms with Gasteiger partial charge in [-0.15, -0.1) is 11.3 Å². The fourth-order valence-electron chi connectivity index (χ4n) is 3.61. The molecule has 0 saturated carbocycles. The van der Waals surface area contributed by atoms with Crippen molar-refractivity contribution < 1.29 is 9.59 Å². The fourth-order valence-corrected chi connectivity index (χ4v) is 4.51. The Bertz CT molecular complexity index is 1290. The van der Waals surface area contributed by atoms with Gasteiger partial charge in [0.15, 0.2) is 5.13 Å². The number of halogens is 1. The summed E-state index contributed by atoms with van der Waals surface area (Å²) in [5.74, 6) is -0.454. The topological polar surface area (TPSA) is 91.0 Å². The zero-order valence-electron chi connectivity index (χ0n) is 16.8. The monoisotopic (exact) mass is 463 g/mol. The van der Waals surface area contributed by atoms with E-state index >= 15 is 0 Å². The van der Waals surface area contributed by atoms with E-state index in [1.165, 1.54) is 11.3 Å². The number of aromatic amines is 1. The smallest absolute Gasteiger partial charge is 0.256 e. The van der Waals surface area contributed by atoms with Crippen LogP contribution in [0, 0.1) is 0 Å². The third kappa shape index (κ3) is 4.02. The number of nitrogens with zero attached hydrogens (tertiary/aromatic N) is 3. The van der Waals surface area contributed by atoms with Crippen molar-refractivity contribution in [3.8, 4) is 22.4 Å². The average molecular weight is 464 g/mol. The molecule has 1 saturated heterocycles. The van der Waals surface area contributed by atoms with Crippen LogP contribution in [0.5, 0.6) is 0 Å². The molecular weight excluding hydrogens is 446 g/mol. The van der Waals surface area contributed by atoms with Crippen LogP contribution in [0.3, 0.4) is 0 Å². The van der Waals surface area contributed by atoms with Gasteiger partial charge in [0.05, 0.1) is 11.3 Å². The molecule has 160 valence electrons. The van der Waals surface area contributed by atoms with Gasteiger partial charge in [-0.25, -0.2) is 4.98 Å². The minimum Gasteiger partial charge on any atom is -0.352 e. The number of carbonyl (C=O) groups excluding carboxylic acids is 2. The number of hydrogen-bond donors (Lipinski definition) is 2. The molecule has 1 aliphatic rings. The highest BCUT2D eigenvalue weighted by Gasteiger charge is 2.38. The lowest BCUT2D eigenvalue weighted by Crippen LogP contribution is -2.56. The fraction of sp³-hybridized carbons (Fsp3) is 0.130. The number of carbonyl (C=O) groups is 2. The average Bonchev–Trinajstić information content (AvgIpc) is 3.43. The Hall–Kier alpha value is -3.49. The van der Waals surface area contributed by atoms with E-state index in [4.69, 9.17) is 11.6 Å². The predicted octanol–water partition coefficient (Wildman–Crippen LogP) is 4.71. The lowest BCUT2D eigenvalue weighted by Gasteiger charge is -2.39. The highest BCUT2D eigenvalue weighted by Crippen LogP contribution is 2.30. The molecule has 1 aromatic carbocycles. The van der Waals surface area contributed by atoms with Crippen molar-refractivity contribution in [2.24, 2.45) is 0 Å². The van der Waals surface area contributed by atoms with Gasteiger partial charge in [-0.3, -0.25) is 14.6 Å². The van der Waals surface area contributed by atoms with Gasteiger partial charge in [0.2, 0.25) is 5.91 Å². The molecule has 3 aromatic heterocycles. The Morgan fingerprint density at radius 1 is 1.12 bits per heavy atom. The minimum absolute atomic E-state index is 0.215. The quantitative estimate of drug-likeness (QED) is 0.448. The lowest BCUT2D eigenvalue weighted by atomic mass is 10.0. The van der Waals surface area contributed by atoms with E-state index in [1.54, 1.807) is 29.6 Å². The van der Waals surface area contributed by atoms with Crippen LogP contribution in [-0.4, -0.2) is 44.3 Å². The zero-order valence-corrected chi connectivity index (χ0v) is 18.4. The number of benzene rings is 1. The molecule has 0 bridgehead atoms. The van der Waals surface area contributed by atoms with E-state index in [-0.39, 0.29) is 11.8 Å². The van der Waals surface area contributed by atoms with Crippen LogP contribution in [0.25, 0.3) is 22.4 Å². The van der Waals surface area contributed by atoms with Crippen molar-refractivity contribution in [1.82, 2.24) is 19.9 Å². The second-order valence-corrected chi connectivity index (χ2v) is 8.65. The standard InChI is InChI=1S/C23H18ClN5O2S/c24-20-11-17(12-26-20)22(31)29-9-6-19(29)21(30)28-23-27-18(13-32-23)16-3-1-2-15(10-16)14-4-7-25-8-5-14/h1-5,7-8,10-13,19,26H,6,9H2,(H,27,28,30)/t19-/m0/s1. The SMILES string of the molecule is O=C(Nc1nc(-c2cccc(-c3ccncc3)c2)cs1)[C@@H]1CCN1C(=O)c1c[nH]c(Cl)c1. The summed E-state index contributed by atoms with van der Waals surface area (Å²) in [6.07, 6.45) is 5.68. The first-order valence-electron chi connectivity index (χ1n) is 10.0. The van der Waals surface area contributed by atoms with Crippen molar-refractivity contribution in [1.29, 1.82) is 0 Å². The first kappa shape index (κ1) is 20.4. The molecule has 32 heavy (non-hydrogen) atoms. The Kier molecular flexibility index (Phi) is 5.46. The van der Waals surface area contributed by atoms with Gasteiger partial charge in [0.1, 0.15) is 11.2 Å². The molecule has 0 spiro atoms. The number of likely N-dealkylation sites (tertiary alicyclic amines) is 1. The summed E-state index contributed by atoms with van der Waals surface area (Å²) in [5.41, 5.74) is 4.32. The normalized spacial score (nSPS) is 15.3. The van der Waals surface area contributed by atoms with E-state index in [0.717, 1.165) is 22.4 Å². The molecule has 1 atom stereocenters. The zero-order chi connectivity index (χ0) is 22.1. The first-order chi connectivity index (χ1) is 15.6. The Labute approximate surface area is 193 Å². The van der Waals surface area contributed by atoms with E-state index in [9.17, 15) is 9.59 Å². The second-order valence-electron chi connectivity index (χ2n) is 7.38. The summed E-state index contributed by atoms with van der Waals surface area (Å²) in [5, 5.41) is 5.65. The number of hydrogen-bond acceptors (Lipinski definition) is 5. The van der Waals surface area contributed by atoms with Crippen LogP contribution in [0.1, 0.15) is 16.8 Å². The molecule has 7 nitrogen and oxygen atoms in total. The molecule has 0 aliphatic carbocycles. The van der Waals surface area contributed by atoms with Crippen molar-refractivity contribution in [2.75, 3.05) is 11.9 Å². The molecule has 4 aromatic rings. The predicted molar refractivity (Wildman–Crippen MR) is 125 cm³/mol. The van der Waals surface area contributed by atoms with E-state index in [0.29, 0.717) is 28.8 Å². The number of anilines is 1. The molecular formula is C23H18ClN5O2S. The van der Waals surface area contributed by atoms with Gasteiger partial charge in [-0.2, -0.15) is 0 Å². The molecule has 4 heterocycles. The lowest BCUT2D eigenvalue weighted by molar-refractivity contribution is -0.123. The summed E-state index contributed by atoms with van der Waals surface area (Å²) < 4.78 is 0. The van der Waals surface area contributed by atoms with Crippen LogP contribution in [0.4, 0.5) is 5.13 Å². The number of thiazole rings is 1. The largest absolute Gasteiger partial charge is 0.352 e. The summed E-state index contributed by atoms with van der Waals surface area (Å²) in [6.45, 7) is 0.532. The van der Waals surface area contributed by atoms with E-state index in [1.807, 2.05) is 35.7 Å². The van der Waals surface area contributed by atoms with Crippen LogP contribution in [0.2, 0.25) is 5.15 Å². The summed E-state index contributed by atoms with van der Waals surface area (Å²) in [7, 11) is 0. The molecule has 0 unspecified atom stereocenters. The second kappa shape index (κ2) is 8.57. The minimum atomic E-state index is -0.515. The number of amides is 2. The van der Waals surface area contributed by atoms with Gasteiger partial charge in [-0.05, 0) is 41.8 Å². The third-order valence-electron chi connectivity index (χ3n) is 5.38. The maximum absolute atomic E-state index is 12.8. The van der Waals surface area contributed by atoms with Crippen molar-refractivity contribution >= 4 is 39.9 Å². The van der Waals surface area contributed by atoms with Gasteiger partial charge in [0.25, 0.3) is 5.91 Å². The number of aromatic nitrogens is 3. The number of pyridine rings is 1. The Morgan fingerprint density at radius 2 is 1.94 bits per heavy atom. The van der Waals surface area contributed by atoms with Crippen LogP contribution < -0.4 is 5.32 Å². The van der Waals surface area contributed by atoms with E-state index < -0.39 is 6.04 Å². The van der Waals surface area contributed by atoms with Crippen LogP contribution >= 0.6 is 22.9 Å². The van der Waals surface area contributed by atoms with Crippen molar-refractivity contribution in [2.45, 2.75) is 12.5 Å². The highest BCUT2D eigenvalue weighted by molar-refractivity contribution is 7.14. The number of nitrogens with one attached hydrogen (secondary N) is 2. The highest BCUT2D eigenvalue weighted by atomic mass is 35.5. The van der Waals surface area contributed by atoms with Gasteiger partial charge in [0, 0.05) is 36.1 Å². The first-order valence-corrected chi connectivity index (χ1v) is 11.3. The molecule has 0 radical (unpaired) electrons. The van der Waals surface area contributed by atoms with E-state index in [2.05, 4.69) is 26.3 Å². The molecule has 5 rings (SSSR count). The molecule has 1 fully saturated rings. The summed E-state index contributed by atoms with van der Waals surface area (Å²) >= 11 is 7.22. The number of H-pyrrole nitrogens is 1. The summed E-state index contributed by atoms with van der Waals surface area (Å²) in [4.78, 5) is 38.3.